The Morgan fingerprint density at radius 1 is 1.18 bits per heavy atom. The number of aromatic amines is 1. The molecule has 0 spiro atoms. The number of nitrogens with one attached hydrogen (secondary N) is 1. The Balaban J connectivity index is 1.58. The summed E-state index contributed by atoms with van der Waals surface area (Å²) in [5.41, 5.74) is 0.747. The summed E-state index contributed by atoms with van der Waals surface area (Å²) in [7, 11) is 0. The van der Waals surface area contributed by atoms with Gasteiger partial charge in [-0.3, -0.25) is 4.79 Å². The third-order valence-electron chi connectivity index (χ3n) is 5.60. The quantitative estimate of drug-likeness (QED) is 0.854. The molecule has 28 heavy (non-hydrogen) atoms. The molecule has 1 saturated heterocycles. The number of nitrogens with zero attached hydrogens (tertiary/aromatic N) is 4. The highest BCUT2D eigenvalue weighted by atomic mass is 16.6. The van der Waals surface area contributed by atoms with Crippen molar-refractivity contribution in [2.75, 3.05) is 13.1 Å². The second-order valence-corrected chi connectivity index (χ2v) is 9.05. The number of carbonyl (C=O) groups excluding carboxylic acids is 1. The van der Waals surface area contributed by atoms with E-state index in [4.69, 9.17) is 9.72 Å². The molecule has 0 bridgehead atoms. The highest BCUT2D eigenvalue weighted by Gasteiger charge is 2.36. The van der Waals surface area contributed by atoms with Gasteiger partial charge in [-0.1, -0.05) is 19.3 Å². The van der Waals surface area contributed by atoms with Gasteiger partial charge in [-0.25, -0.2) is 14.5 Å². The first-order chi connectivity index (χ1) is 13.2. The second kappa shape index (κ2) is 6.90. The average molecular weight is 387 g/mol. The molecule has 1 aliphatic heterocycles. The summed E-state index contributed by atoms with van der Waals surface area (Å²) in [6, 6.07) is 0.312. The van der Waals surface area contributed by atoms with E-state index in [0.717, 1.165) is 18.5 Å². The number of aryl methyl sites for hydroxylation is 1. The highest BCUT2D eigenvalue weighted by molar-refractivity contribution is 5.77. The van der Waals surface area contributed by atoms with Crippen molar-refractivity contribution in [1.82, 2.24) is 24.6 Å². The lowest BCUT2D eigenvalue weighted by Gasteiger charge is -2.39. The largest absolute Gasteiger partial charge is 0.444 e. The molecule has 152 valence electrons. The molecule has 2 aromatic rings. The Labute approximate surface area is 164 Å². The van der Waals surface area contributed by atoms with Crippen LogP contribution < -0.4 is 5.56 Å². The summed E-state index contributed by atoms with van der Waals surface area (Å²) in [4.78, 5) is 34.2. The zero-order valence-electron chi connectivity index (χ0n) is 17.1. The minimum absolute atomic E-state index is 0.0135. The Morgan fingerprint density at radius 2 is 1.86 bits per heavy atom. The lowest BCUT2D eigenvalue weighted by molar-refractivity contribution is 0.00753. The second-order valence-electron chi connectivity index (χ2n) is 9.05. The predicted molar refractivity (Wildman–Crippen MR) is 106 cm³/mol. The van der Waals surface area contributed by atoms with Crippen LogP contribution in [0.25, 0.3) is 11.0 Å². The van der Waals surface area contributed by atoms with Crippen molar-refractivity contribution in [1.29, 1.82) is 0 Å². The van der Waals surface area contributed by atoms with E-state index in [1.807, 2.05) is 32.4 Å². The third kappa shape index (κ3) is 3.52. The Hall–Kier alpha value is -2.38. The molecule has 2 aliphatic rings. The average Bonchev–Trinajstić information content (AvgIpc) is 2.90. The topological polar surface area (TPSA) is 93.1 Å². The van der Waals surface area contributed by atoms with Gasteiger partial charge in [0.1, 0.15) is 16.8 Å². The Morgan fingerprint density at radius 3 is 2.50 bits per heavy atom. The molecule has 8 nitrogen and oxygen atoms in total. The van der Waals surface area contributed by atoms with Crippen LogP contribution in [0.1, 0.15) is 76.4 Å². The van der Waals surface area contributed by atoms with Crippen molar-refractivity contribution in [2.45, 2.75) is 77.4 Å². The minimum atomic E-state index is -0.516. The fraction of sp³-hybridized carbons (Fsp3) is 0.700. The van der Waals surface area contributed by atoms with E-state index >= 15 is 0 Å². The van der Waals surface area contributed by atoms with Gasteiger partial charge < -0.3 is 14.6 Å². The number of rotatable bonds is 2. The maximum atomic E-state index is 12.7. The maximum Gasteiger partial charge on any atom is 0.410 e. The molecule has 1 amide bonds. The van der Waals surface area contributed by atoms with Gasteiger partial charge in [-0.15, -0.1) is 0 Å². The molecule has 1 aliphatic carbocycles. The smallest absolute Gasteiger partial charge is 0.410 e. The fourth-order valence-electron chi connectivity index (χ4n) is 4.13. The Kier molecular flexibility index (Phi) is 4.67. The fourth-order valence-corrected chi connectivity index (χ4v) is 4.13. The molecule has 1 N–H and O–H groups in total. The van der Waals surface area contributed by atoms with Gasteiger partial charge in [-0.2, -0.15) is 5.10 Å². The summed E-state index contributed by atoms with van der Waals surface area (Å²) in [5, 5.41) is 5.23. The number of likely N-dealkylation sites (tertiary alicyclic amines) is 1. The van der Waals surface area contributed by atoms with E-state index in [2.05, 4.69) is 10.1 Å². The summed E-state index contributed by atoms with van der Waals surface area (Å²) in [6.45, 7) is 8.42. The lowest BCUT2D eigenvalue weighted by atomic mass is 9.96. The number of carbonyl (C=O) groups is 1. The van der Waals surface area contributed by atoms with E-state index < -0.39 is 5.60 Å². The summed E-state index contributed by atoms with van der Waals surface area (Å²) in [6.07, 6.45) is 5.47. The molecule has 3 heterocycles. The van der Waals surface area contributed by atoms with Crippen LogP contribution in [0.4, 0.5) is 4.79 Å². The molecule has 0 aromatic carbocycles. The monoisotopic (exact) mass is 387 g/mol. The van der Waals surface area contributed by atoms with Crippen LogP contribution in [0.15, 0.2) is 4.79 Å². The van der Waals surface area contributed by atoms with E-state index in [9.17, 15) is 9.59 Å². The standard InChI is InChI=1S/C20H29N5O3/c1-12-15-17(25(23-12)14-8-6-5-7-9-14)21-16(22-18(15)26)13-10-24(11-13)19(27)28-20(2,3)4/h13-14H,5-11H2,1-4H3,(H,21,22,26). The zero-order chi connectivity index (χ0) is 20.1. The molecule has 2 fully saturated rings. The van der Waals surface area contributed by atoms with Gasteiger partial charge in [0.2, 0.25) is 0 Å². The first-order valence-electron chi connectivity index (χ1n) is 10.2. The number of fused-ring (bicyclic) bond motifs is 1. The van der Waals surface area contributed by atoms with Crippen LogP contribution in [0.2, 0.25) is 0 Å². The van der Waals surface area contributed by atoms with E-state index in [-0.39, 0.29) is 17.6 Å². The Bertz CT molecular complexity index is 943. The van der Waals surface area contributed by atoms with Crippen molar-refractivity contribution in [3.05, 3.63) is 21.9 Å². The van der Waals surface area contributed by atoms with Gasteiger partial charge in [0.05, 0.1) is 17.7 Å². The number of aromatic nitrogens is 4. The molecular formula is C20H29N5O3. The van der Waals surface area contributed by atoms with Crippen molar-refractivity contribution in [3.8, 4) is 0 Å². The van der Waals surface area contributed by atoms with Gasteiger partial charge in [-0.05, 0) is 40.5 Å². The number of amides is 1. The van der Waals surface area contributed by atoms with Gasteiger partial charge in [0.15, 0.2) is 5.65 Å². The van der Waals surface area contributed by atoms with Crippen molar-refractivity contribution in [3.63, 3.8) is 0 Å². The number of ether oxygens (including phenoxy) is 1. The van der Waals surface area contributed by atoms with E-state index in [0.29, 0.717) is 36.0 Å². The molecule has 0 radical (unpaired) electrons. The lowest BCUT2D eigenvalue weighted by Crippen LogP contribution is -2.51. The molecule has 0 atom stereocenters. The number of hydrogen-bond donors (Lipinski definition) is 1. The molecule has 1 saturated carbocycles. The zero-order valence-corrected chi connectivity index (χ0v) is 17.1. The molecule has 2 aromatic heterocycles. The van der Waals surface area contributed by atoms with Crippen LogP contribution in [0, 0.1) is 6.92 Å². The maximum absolute atomic E-state index is 12.7. The number of hydrogen-bond acceptors (Lipinski definition) is 5. The summed E-state index contributed by atoms with van der Waals surface area (Å²) < 4.78 is 7.37. The first-order valence-corrected chi connectivity index (χ1v) is 10.2. The van der Waals surface area contributed by atoms with E-state index in [1.54, 1.807) is 4.90 Å². The third-order valence-corrected chi connectivity index (χ3v) is 5.60. The van der Waals surface area contributed by atoms with Crippen LogP contribution in [0.5, 0.6) is 0 Å². The molecule has 0 unspecified atom stereocenters. The molecular weight excluding hydrogens is 358 g/mol. The minimum Gasteiger partial charge on any atom is -0.444 e. The van der Waals surface area contributed by atoms with Crippen molar-refractivity contribution < 1.29 is 9.53 Å². The van der Waals surface area contributed by atoms with Gasteiger partial charge >= 0.3 is 6.09 Å². The number of H-pyrrole nitrogens is 1. The highest BCUT2D eigenvalue weighted by Crippen LogP contribution is 2.31. The van der Waals surface area contributed by atoms with E-state index in [1.165, 1.54) is 19.3 Å². The summed E-state index contributed by atoms with van der Waals surface area (Å²) in [5.74, 6) is 0.647. The summed E-state index contributed by atoms with van der Waals surface area (Å²) >= 11 is 0. The van der Waals surface area contributed by atoms with Crippen LogP contribution >= 0.6 is 0 Å². The van der Waals surface area contributed by atoms with Crippen LogP contribution in [-0.2, 0) is 4.74 Å². The SMILES string of the molecule is Cc1nn(C2CCCCC2)c2nc(C3CN(C(=O)OC(C)(C)C)C3)[nH]c(=O)c12. The predicted octanol–water partition coefficient (Wildman–Crippen LogP) is 3.27. The van der Waals surface area contributed by atoms with Gasteiger partial charge in [0.25, 0.3) is 5.56 Å². The normalized spacial score (nSPS) is 19.1. The van der Waals surface area contributed by atoms with Crippen LogP contribution in [0.3, 0.4) is 0 Å². The molecule has 8 heteroatoms. The first kappa shape index (κ1) is 19.0. The van der Waals surface area contributed by atoms with Crippen LogP contribution in [-0.4, -0.2) is 49.4 Å². The van der Waals surface area contributed by atoms with Crippen molar-refractivity contribution >= 4 is 17.1 Å². The van der Waals surface area contributed by atoms with Crippen molar-refractivity contribution in [2.24, 2.45) is 0 Å². The molecule has 4 rings (SSSR count). The van der Waals surface area contributed by atoms with Gasteiger partial charge in [0, 0.05) is 13.1 Å².